The largest absolute Gasteiger partial charge is 0.383 e. The second-order valence-corrected chi connectivity index (χ2v) is 5.06. The first kappa shape index (κ1) is 14.4. The average molecular weight is 239 g/mol. The summed E-state index contributed by atoms with van der Waals surface area (Å²) in [6, 6.07) is 3.11. The molecule has 0 amide bonds. The lowest BCUT2D eigenvalue weighted by Gasteiger charge is -2.25. The summed E-state index contributed by atoms with van der Waals surface area (Å²) in [5, 5.41) is 12.2. The van der Waals surface area contributed by atoms with Gasteiger partial charge in [0, 0.05) is 19.7 Å². The minimum Gasteiger partial charge on any atom is -0.383 e. The fraction of sp³-hybridized carbons (Fsp3) is 0.923. The molecule has 0 spiro atoms. The van der Waals surface area contributed by atoms with Crippen LogP contribution >= 0.6 is 0 Å². The summed E-state index contributed by atoms with van der Waals surface area (Å²) < 4.78 is 5.13. The van der Waals surface area contributed by atoms with Gasteiger partial charge in [-0.15, -0.1) is 0 Å². The zero-order valence-corrected chi connectivity index (χ0v) is 11.3. The van der Waals surface area contributed by atoms with Gasteiger partial charge < -0.3 is 10.1 Å². The van der Waals surface area contributed by atoms with E-state index in [1.54, 1.807) is 7.11 Å². The van der Waals surface area contributed by atoms with Gasteiger partial charge in [0.05, 0.1) is 12.7 Å². The van der Waals surface area contributed by atoms with Crippen LogP contribution in [0.4, 0.5) is 0 Å². The van der Waals surface area contributed by atoms with Crippen molar-refractivity contribution in [3.63, 3.8) is 0 Å². The standard InChI is InChI=1S/C13H25N3O/c1-13(11-14,15-2)7-4-8-16(9-10-17-3)12-5-6-12/h12,15H,4-10H2,1-3H3. The summed E-state index contributed by atoms with van der Waals surface area (Å²) in [6.07, 6.45) is 4.61. The Bertz CT molecular complexity index is 260. The Kier molecular flexibility index (Phi) is 5.90. The van der Waals surface area contributed by atoms with E-state index in [0.717, 1.165) is 38.6 Å². The maximum Gasteiger partial charge on any atom is 0.103 e. The van der Waals surface area contributed by atoms with Crippen molar-refractivity contribution in [2.45, 2.75) is 44.2 Å². The zero-order chi connectivity index (χ0) is 12.7. The first-order valence-corrected chi connectivity index (χ1v) is 6.48. The lowest BCUT2D eigenvalue weighted by atomic mass is 9.98. The Morgan fingerprint density at radius 3 is 2.65 bits per heavy atom. The summed E-state index contributed by atoms with van der Waals surface area (Å²) in [6.45, 7) is 4.86. The summed E-state index contributed by atoms with van der Waals surface area (Å²) in [5.41, 5.74) is -0.378. The van der Waals surface area contributed by atoms with Gasteiger partial charge in [-0.25, -0.2) is 0 Å². The van der Waals surface area contributed by atoms with Crippen LogP contribution in [0.2, 0.25) is 0 Å². The lowest BCUT2D eigenvalue weighted by Crippen LogP contribution is -2.39. The fourth-order valence-corrected chi connectivity index (χ4v) is 2.00. The molecule has 4 nitrogen and oxygen atoms in total. The molecule has 1 saturated carbocycles. The molecule has 0 aromatic heterocycles. The molecule has 4 heteroatoms. The van der Waals surface area contributed by atoms with Crippen LogP contribution in [0.25, 0.3) is 0 Å². The number of methoxy groups -OCH3 is 1. The van der Waals surface area contributed by atoms with Crippen molar-refractivity contribution in [2.24, 2.45) is 0 Å². The third-order valence-corrected chi connectivity index (χ3v) is 3.57. The maximum absolute atomic E-state index is 9.07. The molecule has 98 valence electrons. The Labute approximate surface area is 105 Å². The predicted molar refractivity (Wildman–Crippen MR) is 68.8 cm³/mol. The SMILES string of the molecule is CNC(C)(C#N)CCCN(CCOC)C1CC1. The minimum atomic E-state index is -0.378. The molecule has 1 unspecified atom stereocenters. The summed E-state index contributed by atoms with van der Waals surface area (Å²) >= 11 is 0. The molecule has 0 aromatic rings. The highest BCUT2D eigenvalue weighted by Gasteiger charge is 2.29. The fourth-order valence-electron chi connectivity index (χ4n) is 2.00. The molecule has 1 atom stereocenters. The van der Waals surface area contributed by atoms with Crippen LogP contribution in [0.15, 0.2) is 0 Å². The van der Waals surface area contributed by atoms with E-state index < -0.39 is 0 Å². The molecule has 1 aliphatic rings. The third-order valence-electron chi connectivity index (χ3n) is 3.57. The van der Waals surface area contributed by atoms with E-state index in [9.17, 15) is 0 Å². The molecule has 17 heavy (non-hydrogen) atoms. The predicted octanol–water partition coefficient (Wildman–Crippen LogP) is 1.38. The van der Waals surface area contributed by atoms with Gasteiger partial charge in [-0.05, 0) is 46.2 Å². The number of nitrogens with one attached hydrogen (secondary N) is 1. The molecular weight excluding hydrogens is 214 g/mol. The Hall–Kier alpha value is -0.630. The number of hydrogen-bond donors (Lipinski definition) is 1. The number of nitriles is 1. The highest BCUT2D eigenvalue weighted by molar-refractivity contribution is 5.02. The van der Waals surface area contributed by atoms with Gasteiger partial charge in [0.25, 0.3) is 0 Å². The summed E-state index contributed by atoms with van der Waals surface area (Å²) in [5.74, 6) is 0. The van der Waals surface area contributed by atoms with Crippen molar-refractivity contribution in [3.8, 4) is 6.07 Å². The highest BCUT2D eigenvalue weighted by Crippen LogP contribution is 2.27. The zero-order valence-electron chi connectivity index (χ0n) is 11.3. The van der Waals surface area contributed by atoms with Gasteiger partial charge in [-0.2, -0.15) is 5.26 Å². The Morgan fingerprint density at radius 2 is 2.18 bits per heavy atom. The second-order valence-electron chi connectivity index (χ2n) is 5.06. The molecular formula is C13H25N3O. The van der Waals surface area contributed by atoms with Crippen molar-refractivity contribution in [1.29, 1.82) is 5.26 Å². The molecule has 1 aliphatic carbocycles. The Balaban J connectivity index is 2.25. The number of rotatable bonds is 9. The normalized spacial score (nSPS) is 19.0. The maximum atomic E-state index is 9.07. The van der Waals surface area contributed by atoms with Gasteiger partial charge in [0.2, 0.25) is 0 Å². The van der Waals surface area contributed by atoms with E-state index in [4.69, 9.17) is 10.00 Å². The van der Waals surface area contributed by atoms with E-state index in [1.807, 2.05) is 14.0 Å². The number of nitrogens with zero attached hydrogens (tertiary/aromatic N) is 2. The lowest BCUT2D eigenvalue weighted by molar-refractivity contribution is 0.141. The van der Waals surface area contributed by atoms with E-state index in [-0.39, 0.29) is 5.54 Å². The van der Waals surface area contributed by atoms with Crippen LogP contribution in [0.3, 0.4) is 0 Å². The highest BCUT2D eigenvalue weighted by atomic mass is 16.5. The second kappa shape index (κ2) is 6.95. The van der Waals surface area contributed by atoms with Crippen LogP contribution in [0, 0.1) is 11.3 Å². The van der Waals surface area contributed by atoms with Crippen molar-refractivity contribution in [1.82, 2.24) is 10.2 Å². The Morgan fingerprint density at radius 1 is 1.47 bits per heavy atom. The van der Waals surface area contributed by atoms with E-state index in [0.29, 0.717) is 0 Å². The molecule has 0 aliphatic heterocycles. The quantitative estimate of drug-likeness (QED) is 0.660. The molecule has 1 fully saturated rings. The smallest absolute Gasteiger partial charge is 0.103 e. The van der Waals surface area contributed by atoms with Crippen molar-refractivity contribution >= 4 is 0 Å². The van der Waals surface area contributed by atoms with Gasteiger partial charge in [-0.1, -0.05) is 0 Å². The van der Waals surface area contributed by atoms with E-state index >= 15 is 0 Å². The monoisotopic (exact) mass is 239 g/mol. The van der Waals surface area contributed by atoms with Gasteiger partial charge in [0.1, 0.15) is 5.54 Å². The topological polar surface area (TPSA) is 48.3 Å². The van der Waals surface area contributed by atoms with E-state index in [1.165, 1.54) is 12.8 Å². The molecule has 0 heterocycles. The first-order chi connectivity index (χ1) is 8.15. The van der Waals surface area contributed by atoms with Crippen molar-refractivity contribution < 1.29 is 4.74 Å². The first-order valence-electron chi connectivity index (χ1n) is 6.48. The molecule has 0 saturated heterocycles. The molecule has 1 N–H and O–H groups in total. The van der Waals surface area contributed by atoms with Gasteiger partial charge in [0.15, 0.2) is 0 Å². The van der Waals surface area contributed by atoms with Gasteiger partial charge >= 0.3 is 0 Å². The molecule has 0 aromatic carbocycles. The van der Waals surface area contributed by atoms with Crippen molar-refractivity contribution in [3.05, 3.63) is 0 Å². The number of hydrogen-bond acceptors (Lipinski definition) is 4. The molecule has 1 rings (SSSR count). The average Bonchev–Trinajstić information content (AvgIpc) is 3.17. The van der Waals surface area contributed by atoms with Crippen LogP contribution < -0.4 is 5.32 Å². The van der Waals surface area contributed by atoms with Crippen LogP contribution in [0.1, 0.15) is 32.6 Å². The van der Waals surface area contributed by atoms with Crippen LogP contribution in [-0.2, 0) is 4.74 Å². The molecule has 0 radical (unpaired) electrons. The van der Waals surface area contributed by atoms with Crippen LogP contribution in [-0.4, -0.2) is 50.3 Å². The van der Waals surface area contributed by atoms with E-state index in [2.05, 4.69) is 16.3 Å². The number of ether oxygens (including phenoxy) is 1. The van der Waals surface area contributed by atoms with Gasteiger partial charge in [-0.3, -0.25) is 4.90 Å². The van der Waals surface area contributed by atoms with Crippen molar-refractivity contribution in [2.75, 3.05) is 33.9 Å². The third kappa shape index (κ3) is 5.03. The van der Waals surface area contributed by atoms with Crippen LogP contribution in [0.5, 0.6) is 0 Å². The molecule has 0 bridgehead atoms. The summed E-state index contributed by atoms with van der Waals surface area (Å²) in [7, 11) is 3.60. The minimum absolute atomic E-state index is 0.378. The summed E-state index contributed by atoms with van der Waals surface area (Å²) in [4.78, 5) is 2.50.